The van der Waals surface area contributed by atoms with E-state index in [0.29, 0.717) is 24.6 Å². The van der Waals surface area contributed by atoms with Crippen LogP contribution in [0.15, 0.2) is 35.1 Å². The number of piperidine rings is 1. The Morgan fingerprint density at radius 1 is 1.07 bits per heavy atom. The number of aromatic nitrogens is 2. The van der Waals surface area contributed by atoms with Gasteiger partial charge < -0.3 is 0 Å². The molecule has 1 aromatic carbocycles. The van der Waals surface area contributed by atoms with E-state index in [1.54, 1.807) is 16.8 Å². The van der Waals surface area contributed by atoms with Crippen LogP contribution in [0.25, 0.3) is 0 Å². The van der Waals surface area contributed by atoms with Crippen molar-refractivity contribution in [3.63, 3.8) is 0 Å². The van der Waals surface area contributed by atoms with Crippen molar-refractivity contribution in [2.24, 2.45) is 5.92 Å². The van der Waals surface area contributed by atoms with E-state index in [-0.39, 0.29) is 11.0 Å². The molecule has 0 atom stereocenters. The standard InChI is InChI=1S/C21H27F2N3O/c1-21(2,3)19-4-5-20(27)26(24-19)14-15-6-8-25(9-7-15)13-16-10-17(22)12-18(23)11-16/h4-5,10-12,15H,6-9,13-14H2,1-3H3. The molecule has 3 rings (SSSR count). The summed E-state index contributed by atoms with van der Waals surface area (Å²) >= 11 is 0. The lowest BCUT2D eigenvalue weighted by Crippen LogP contribution is -2.37. The number of benzene rings is 1. The van der Waals surface area contributed by atoms with Gasteiger partial charge in [0.1, 0.15) is 11.6 Å². The molecule has 1 fully saturated rings. The molecular weight excluding hydrogens is 348 g/mol. The van der Waals surface area contributed by atoms with Crippen molar-refractivity contribution in [1.29, 1.82) is 0 Å². The maximum Gasteiger partial charge on any atom is 0.266 e. The molecule has 0 bridgehead atoms. The first-order valence-corrected chi connectivity index (χ1v) is 9.47. The summed E-state index contributed by atoms with van der Waals surface area (Å²) < 4.78 is 28.3. The Morgan fingerprint density at radius 2 is 1.70 bits per heavy atom. The van der Waals surface area contributed by atoms with E-state index in [1.165, 1.54) is 12.1 Å². The lowest BCUT2D eigenvalue weighted by molar-refractivity contribution is 0.163. The van der Waals surface area contributed by atoms with Gasteiger partial charge >= 0.3 is 0 Å². The zero-order valence-electron chi connectivity index (χ0n) is 16.2. The van der Waals surface area contributed by atoms with Crippen LogP contribution in [0.5, 0.6) is 0 Å². The average molecular weight is 375 g/mol. The van der Waals surface area contributed by atoms with Crippen LogP contribution in [0.2, 0.25) is 0 Å². The van der Waals surface area contributed by atoms with Crippen molar-refractivity contribution < 1.29 is 8.78 Å². The Hall–Kier alpha value is -2.08. The highest BCUT2D eigenvalue weighted by Gasteiger charge is 2.22. The van der Waals surface area contributed by atoms with Crippen molar-refractivity contribution in [3.05, 3.63) is 63.6 Å². The summed E-state index contributed by atoms with van der Waals surface area (Å²) in [5, 5.41) is 4.55. The fourth-order valence-corrected chi connectivity index (χ4v) is 3.51. The van der Waals surface area contributed by atoms with Gasteiger partial charge in [-0.15, -0.1) is 0 Å². The number of hydrogen-bond donors (Lipinski definition) is 0. The van der Waals surface area contributed by atoms with Crippen molar-refractivity contribution in [3.8, 4) is 0 Å². The van der Waals surface area contributed by atoms with Crippen LogP contribution >= 0.6 is 0 Å². The largest absolute Gasteiger partial charge is 0.299 e. The number of halogens is 2. The average Bonchev–Trinajstić information content (AvgIpc) is 2.56. The fraction of sp³-hybridized carbons (Fsp3) is 0.524. The van der Waals surface area contributed by atoms with Gasteiger partial charge in [0.15, 0.2) is 0 Å². The van der Waals surface area contributed by atoms with E-state index in [1.807, 2.05) is 0 Å². The SMILES string of the molecule is CC(C)(C)c1ccc(=O)n(CC2CCN(Cc3cc(F)cc(F)c3)CC2)n1. The van der Waals surface area contributed by atoms with E-state index >= 15 is 0 Å². The molecule has 0 unspecified atom stereocenters. The molecule has 1 aromatic heterocycles. The maximum absolute atomic E-state index is 13.3. The minimum atomic E-state index is -0.538. The zero-order chi connectivity index (χ0) is 19.6. The first-order chi connectivity index (χ1) is 12.7. The Kier molecular flexibility index (Phi) is 5.75. The highest BCUT2D eigenvalue weighted by molar-refractivity contribution is 5.18. The topological polar surface area (TPSA) is 38.1 Å². The number of hydrogen-bond acceptors (Lipinski definition) is 3. The molecule has 0 spiro atoms. The highest BCUT2D eigenvalue weighted by atomic mass is 19.1. The van der Waals surface area contributed by atoms with Gasteiger partial charge in [0.2, 0.25) is 0 Å². The van der Waals surface area contributed by atoms with Crippen LogP contribution < -0.4 is 5.56 Å². The van der Waals surface area contributed by atoms with E-state index in [9.17, 15) is 13.6 Å². The number of nitrogens with zero attached hydrogens (tertiary/aromatic N) is 3. The summed E-state index contributed by atoms with van der Waals surface area (Å²) in [6, 6.07) is 7.07. The van der Waals surface area contributed by atoms with Crippen molar-refractivity contribution in [2.75, 3.05) is 13.1 Å². The molecule has 1 aliphatic heterocycles. The second-order valence-corrected chi connectivity index (χ2v) is 8.49. The van der Waals surface area contributed by atoms with Crippen molar-refractivity contribution >= 4 is 0 Å². The van der Waals surface area contributed by atoms with E-state index in [2.05, 4.69) is 30.8 Å². The summed E-state index contributed by atoms with van der Waals surface area (Å²) in [5.74, 6) is -0.695. The molecule has 6 heteroatoms. The minimum Gasteiger partial charge on any atom is -0.299 e. The van der Waals surface area contributed by atoms with Crippen LogP contribution in [0.4, 0.5) is 8.78 Å². The monoisotopic (exact) mass is 375 g/mol. The van der Waals surface area contributed by atoms with E-state index < -0.39 is 11.6 Å². The van der Waals surface area contributed by atoms with Gasteiger partial charge in [-0.2, -0.15) is 5.10 Å². The third-order valence-corrected chi connectivity index (χ3v) is 5.10. The lowest BCUT2D eigenvalue weighted by Gasteiger charge is -2.32. The summed E-state index contributed by atoms with van der Waals surface area (Å²) in [5.41, 5.74) is 1.40. The van der Waals surface area contributed by atoms with E-state index in [0.717, 1.165) is 37.7 Å². The van der Waals surface area contributed by atoms with Crippen LogP contribution in [0.1, 0.15) is 44.9 Å². The Balaban J connectivity index is 1.59. The van der Waals surface area contributed by atoms with Crippen LogP contribution in [-0.4, -0.2) is 27.8 Å². The molecule has 4 nitrogen and oxygen atoms in total. The van der Waals surface area contributed by atoms with Crippen molar-refractivity contribution in [1.82, 2.24) is 14.7 Å². The molecule has 0 N–H and O–H groups in total. The Bertz CT molecular complexity index is 829. The van der Waals surface area contributed by atoms with Gasteiger partial charge in [-0.25, -0.2) is 13.5 Å². The molecule has 0 aliphatic carbocycles. The molecule has 0 saturated carbocycles. The third-order valence-electron chi connectivity index (χ3n) is 5.10. The van der Waals surface area contributed by atoms with Crippen LogP contribution in [0, 0.1) is 17.6 Å². The van der Waals surface area contributed by atoms with Gasteiger partial charge in [0, 0.05) is 30.6 Å². The fourth-order valence-electron chi connectivity index (χ4n) is 3.51. The molecule has 146 valence electrons. The molecule has 27 heavy (non-hydrogen) atoms. The predicted molar refractivity (Wildman–Crippen MR) is 102 cm³/mol. The first kappa shape index (κ1) is 19.7. The molecule has 0 radical (unpaired) electrons. The smallest absolute Gasteiger partial charge is 0.266 e. The number of rotatable bonds is 4. The molecular formula is C21H27F2N3O. The van der Waals surface area contributed by atoms with Crippen LogP contribution in [-0.2, 0) is 18.5 Å². The number of likely N-dealkylation sites (tertiary alicyclic amines) is 1. The summed E-state index contributed by atoms with van der Waals surface area (Å²) in [4.78, 5) is 14.4. The molecule has 0 amide bonds. The second kappa shape index (κ2) is 7.89. The van der Waals surface area contributed by atoms with Crippen LogP contribution in [0.3, 0.4) is 0 Å². The quantitative estimate of drug-likeness (QED) is 0.817. The van der Waals surface area contributed by atoms with Gasteiger partial charge in [-0.05, 0) is 55.6 Å². The zero-order valence-corrected chi connectivity index (χ0v) is 16.2. The Labute approximate surface area is 158 Å². The predicted octanol–water partition coefficient (Wildman–Crippen LogP) is 3.73. The summed E-state index contributed by atoms with van der Waals surface area (Å²) in [6.07, 6.45) is 1.87. The minimum absolute atomic E-state index is 0.0688. The van der Waals surface area contributed by atoms with E-state index in [4.69, 9.17) is 0 Å². The van der Waals surface area contributed by atoms with Gasteiger partial charge in [-0.1, -0.05) is 20.8 Å². The third kappa shape index (κ3) is 5.22. The molecule has 1 saturated heterocycles. The first-order valence-electron chi connectivity index (χ1n) is 9.47. The maximum atomic E-state index is 13.3. The second-order valence-electron chi connectivity index (χ2n) is 8.49. The summed E-state index contributed by atoms with van der Waals surface area (Å²) in [6.45, 7) is 9.09. The molecule has 1 aliphatic rings. The highest BCUT2D eigenvalue weighted by Crippen LogP contribution is 2.22. The van der Waals surface area contributed by atoms with Gasteiger partial charge in [-0.3, -0.25) is 9.69 Å². The molecule has 2 heterocycles. The normalized spacial score (nSPS) is 16.6. The van der Waals surface area contributed by atoms with Gasteiger partial charge in [0.25, 0.3) is 5.56 Å². The molecule has 2 aromatic rings. The van der Waals surface area contributed by atoms with Gasteiger partial charge in [0.05, 0.1) is 5.69 Å². The van der Waals surface area contributed by atoms with Crippen molar-refractivity contribution in [2.45, 2.75) is 52.1 Å². The Morgan fingerprint density at radius 3 is 2.30 bits per heavy atom. The summed E-state index contributed by atoms with van der Waals surface area (Å²) in [7, 11) is 0. The lowest BCUT2D eigenvalue weighted by atomic mass is 9.92.